The molecule has 0 saturated heterocycles. The van der Waals surface area contributed by atoms with E-state index in [1.165, 1.54) is 17.8 Å². The Balaban J connectivity index is 2.40. The Hall–Kier alpha value is -1.56. The summed E-state index contributed by atoms with van der Waals surface area (Å²) in [5.74, 6) is 0.633. The zero-order valence-electron chi connectivity index (χ0n) is 8.62. The van der Waals surface area contributed by atoms with Gasteiger partial charge in [-0.25, -0.2) is 0 Å². The Morgan fingerprint density at radius 2 is 2.38 bits per heavy atom. The van der Waals surface area contributed by atoms with Crippen LogP contribution in [0, 0.1) is 10.1 Å². The van der Waals surface area contributed by atoms with Crippen molar-refractivity contribution >= 4 is 29.4 Å². The number of hydrogen-bond acceptors (Lipinski definition) is 5. The highest BCUT2D eigenvalue weighted by atomic mass is 32.2. The average molecular weight is 238 g/mol. The zero-order chi connectivity index (χ0) is 11.7. The van der Waals surface area contributed by atoms with Gasteiger partial charge in [0.15, 0.2) is 0 Å². The number of fused-ring (bicyclic) bond motifs is 1. The van der Waals surface area contributed by atoms with E-state index in [1.54, 1.807) is 12.1 Å². The lowest BCUT2D eigenvalue weighted by Gasteiger charge is -2.31. The summed E-state index contributed by atoms with van der Waals surface area (Å²) in [6.07, 6.45) is 0.900. The Labute approximate surface area is 96.6 Å². The number of thioether (sulfide) groups is 1. The van der Waals surface area contributed by atoms with Crippen molar-refractivity contribution in [1.29, 1.82) is 0 Å². The van der Waals surface area contributed by atoms with Crippen LogP contribution in [0.1, 0.15) is 0 Å². The smallest absolute Gasteiger partial charge is 0.270 e. The second kappa shape index (κ2) is 4.13. The standard InChI is InChI=1S/C10H10N2O3S/c1-11-8(5-13)6-16-10-4-7(12(14)15)2-3-9(10)11/h2-5,8H,6H2,1H3. The fraction of sp³-hybridized carbons (Fsp3) is 0.300. The lowest BCUT2D eigenvalue weighted by atomic mass is 10.2. The highest BCUT2D eigenvalue weighted by Gasteiger charge is 2.24. The minimum Gasteiger partial charge on any atom is -0.363 e. The monoisotopic (exact) mass is 238 g/mol. The third kappa shape index (κ3) is 1.76. The van der Waals surface area contributed by atoms with Gasteiger partial charge in [-0.15, -0.1) is 11.8 Å². The van der Waals surface area contributed by atoms with E-state index < -0.39 is 4.92 Å². The third-order valence-electron chi connectivity index (χ3n) is 2.60. The summed E-state index contributed by atoms with van der Waals surface area (Å²) < 4.78 is 0. The molecule has 1 aromatic carbocycles. The van der Waals surface area contributed by atoms with E-state index in [9.17, 15) is 14.9 Å². The van der Waals surface area contributed by atoms with Crippen LogP contribution in [-0.2, 0) is 4.79 Å². The third-order valence-corrected chi connectivity index (χ3v) is 3.74. The molecule has 1 unspecified atom stereocenters. The second-order valence-electron chi connectivity index (χ2n) is 3.53. The molecule has 0 aromatic heterocycles. The molecule has 1 atom stereocenters. The minimum absolute atomic E-state index is 0.0872. The number of non-ortho nitro benzene ring substituents is 1. The van der Waals surface area contributed by atoms with E-state index in [4.69, 9.17) is 0 Å². The molecule has 84 valence electrons. The number of nitro groups is 1. The van der Waals surface area contributed by atoms with Gasteiger partial charge in [0.1, 0.15) is 6.29 Å². The molecule has 0 spiro atoms. The van der Waals surface area contributed by atoms with Gasteiger partial charge in [0.05, 0.1) is 16.7 Å². The molecular weight excluding hydrogens is 228 g/mol. The molecule has 0 radical (unpaired) electrons. The molecule has 5 nitrogen and oxygen atoms in total. The van der Waals surface area contributed by atoms with Gasteiger partial charge in [-0.2, -0.15) is 0 Å². The van der Waals surface area contributed by atoms with Crippen LogP contribution >= 0.6 is 11.8 Å². The second-order valence-corrected chi connectivity index (χ2v) is 4.60. The number of anilines is 1. The summed E-state index contributed by atoms with van der Waals surface area (Å²) in [6, 6.07) is 4.55. The van der Waals surface area contributed by atoms with Crippen molar-refractivity contribution in [2.75, 3.05) is 17.7 Å². The molecule has 1 aromatic rings. The Bertz CT molecular complexity index is 450. The van der Waals surface area contributed by atoms with Gasteiger partial charge in [-0.1, -0.05) is 0 Å². The maximum Gasteiger partial charge on any atom is 0.270 e. The van der Waals surface area contributed by atoms with Crippen LogP contribution in [0.5, 0.6) is 0 Å². The minimum atomic E-state index is -0.410. The van der Waals surface area contributed by atoms with Crippen LogP contribution in [0.25, 0.3) is 0 Å². The summed E-state index contributed by atoms with van der Waals surface area (Å²) in [7, 11) is 1.82. The predicted octanol–water partition coefficient (Wildman–Crippen LogP) is 1.70. The molecule has 1 aliphatic heterocycles. The van der Waals surface area contributed by atoms with Crippen molar-refractivity contribution in [2.45, 2.75) is 10.9 Å². The summed E-state index contributed by atoms with van der Waals surface area (Å²) in [6.45, 7) is 0. The van der Waals surface area contributed by atoms with Crippen LogP contribution in [0.15, 0.2) is 23.1 Å². The maximum atomic E-state index is 10.8. The molecule has 0 amide bonds. The Kier molecular flexibility index (Phi) is 2.82. The fourth-order valence-corrected chi connectivity index (χ4v) is 2.84. The molecule has 0 aliphatic carbocycles. The van der Waals surface area contributed by atoms with Crippen molar-refractivity contribution in [3.05, 3.63) is 28.3 Å². The van der Waals surface area contributed by atoms with Gasteiger partial charge in [0, 0.05) is 29.8 Å². The van der Waals surface area contributed by atoms with Crippen LogP contribution < -0.4 is 4.90 Å². The Morgan fingerprint density at radius 1 is 1.62 bits per heavy atom. The quantitative estimate of drug-likeness (QED) is 0.446. The zero-order valence-corrected chi connectivity index (χ0v) is 9.44. The van der Waals surface area contributed by atoms with E-state index >= 15 is 0 Å². The summed E-state index contributed by atoms with van der Waals surface area (Å²) in [5.41, 5.74) is 0.961. The van der Waals surface area contributed by atoms with Crippen LogP contribution in [0.3, 0.4) is 0 Å². The largest absolute Gasteiger partial charge is 0.363 e. The highest BCUT2D eigenvalue weighted by molar-refractivity contribution is 7.99. The molecular formula is C10H10N2O3S. The van der Waals surface area contributed by atoms with Crippen molar-refractivity contribution in [2.24, 2.45) is 0 Å². The first-order valence-corrected chi connectivity index (χ1v) is 5.71. The number of likely N-dealkylation sites (N-methyl/N-ethyl adjacent to an activating group) is 1. The van der Waals surface area contributed by atoms with Crippen molar-refractivity contribution in [3.8, 4) is 0 Å². The van der Waals surface area contributed by atoms with Crippen LogP contribution in [0.2, 0.25) is 0 Å². The maximum absolute atomic E-state index is 10.8. The molecule has 0 saturated carbocycles. The molecule has 1 aliphatic rings. The number of hydrogen-bond donors (Lipinski definition) is 0. The molecule has 0 N–H and O–H groups in total. The summed E-state index contributed by atoms with van der Waals surface area (Å²) >= 11 is 1.48. The first-order chi connectivity index (χ1) is 7.63. The van der Waals surface area contributed by atoms with Gasteiger partial charge >= 0.3 is 0 Å². The van der Waals surface area contributed by atoms with E-state index in [0.29, 0.717) is 5.75 Å². The van der Waals surface area contributed by atoms with Gasteiger partial charge in [-0.3, -0.25) is 10.1 Å². The summed E-state index contributed by atoms with van der Waals surface area (Å²) in [5, 5.41) is 10.6. The topological polar surface area (TPSA) is 63.4 Å². The van der Waals surface area contributed by atoms with E-state index in [-0.39, 0.29) is 11.7 Å². The van der Waals surface area contributed by atoms with Crippen molar-refractivity contribution in [1.82, 2.24) is 0 Å². The van der Waals surface area contributed by atoms with Crippen molar-refractivity contribution in [3.63, 3.8) is 0 Å². The lowest BCUT2D eigenvalue weighted by molar-refractivity contribution is -0.385. The van der Waals surface area contributed by atoms with E-state index in [1.807, 2.05) is 11.9 Å². The normalized spacial score (nSPS) is 19.1. The lowest BCUT2D eigenvalue weighted by Crippen LogP contribution is -2.37. The highest BCUT2D eigenvalue weighted by Crippen LogP contribution is 2.38. The van der Waals surface area contributed by atoms with Gasteiger partial charge in [0.2, 0.25) is 0 Å². The average Bonchev–Trinajstić information content (AvgIpc) is 2.29. The number of rotatable bonds is 2. The van der Waals surface area contributed by atoms with Crippen molar-refractivity contribution < 1.29 is 9.72 Å². The fourth-order valence-electron chi connectivity index (χ4n) is 1.62. The first kappa shape index (κ1) is 10.9. The van der Waals surface area contributed by atoms with Gasteiger partial charge < -0.3 is 9.69 Å². The number of carbonyl (C=O) groups excluding carboxylic acids is 1. The van der Waals surface area contributed by atoms with Crippen LogP contribution in [0.4, 0.5) is 11.4 Å². The number of benzene rings is 1. The molecule has 16 heavy (non-hydrogen) atoms. The molecule has 6 heteroatoms. The number of nitrogens with zero attached hydrogens (tertiary/aromatic N) is 2. The first-order valence-electron chi connectivity index (χ1n) is 4.73. The molecule has 2 rings (SSSR count). The van der Waals surface area contributed by atoms with Gasteiger partial charge in [0.25, 0.3) is 5.69 Å². The van der Waals surface area contributed by atoms with Crippen LogP contribution in [-0.4, -0.2) is 30.1 Å². The van der Waals surface area contributed by atoms with E-state index in [0.717, 1.165) is 16.9 Å². The van der Waals surface area contributed by atoms with E-state index in [2.05, 4.69) is 0 Å². The number of nitro benzene ring substituents is 1. The number of aldehydes is 1. The van der Waals surface area contributed by atoms with Gasteiger partial charge in [-0.05, 0) is 6.07 Å². The molecule has 0 fully saturated rings. The Morgan fingerprint density at radius 3 is 3.00 bits per heavy atom. The number of carbonyl (C=O) groups is 1. The molecule has 1 heterocycles. The SMILES string of the molecule is CN1c2ccc([N+](=O)[O-])cc2SCC1C=O. The molecule has 0 bridgehead atoms. The predicted molar refractivity (Wildman–Crippen MR) is 62.1 cm³/mol. The summed E-state index contributed by atoms with van der Waals surface area (Å²) in [4.78, 5) is 23.7.